The number of nitrogens with one attached hydrogen (secondary N) is 1. The molecule has 13 heavy (non-hydrogen) atoms. The SMILES string of the molecule is CNC(C)CN1C(=O)CCCC1=O. The molecule has 1 saturated heterocycles. The zero-order chi connectivity index (χ0) is 9.84. The second-order valence-electron chi connectivity index (χ2n) is 3.44. The highest BCUT2D eigenvalue weighted by molar-refractivity contribution is 5.97. The average molecular weight is 184 g/mol. The first-order valence-corrected chi connectivity index (χ1v) is 4.65. The smallest absolute Gasteiger partial charge is 0.229 e. The van der Waals surface area contributed by atoms with Crippen molar-refractivity contribution >= 4 is 11.8 Å². The van der Waals surface area contributed by atoms with Gasteiger partial charge in [0.25, 0.3) is 0 Å². The van der Waals surface area contributed by atoms with E-state index < -0.39 is 0 Å². The molecule has 0 aliphatic carbocycles. The second-order valence-corrected chi connectivity index (χ2v) is 3.44. The van der Waals surface area contributed by atoms with Crippen molar-refractivity contribution in [3.8, 4) is 0 Å². The summed E-state index contributed by atoms with van der Waals surface area (Å²) in [6.45, 7) is 2.45. The van der Waals surface area contributed by atoms with Gasteiger partial charge < -0.3 is 5.32 Å². The van der Waals surface area contributed by atoms with E-state index in [0.29, 0.717) is 25.8 Å². The van der Waals surface area contributed by atoms with Crippen LogP contribution in [0.5, 0.6) is 0 Å². The number of imide groups is 1. The van der Waals surface area contributed by atoms with Crippen LogP contribution in [-0.4, -0.2) is 36.3 Å². The Bertz CT molecular complexity index is 200. The van der Waals surface area contributed by atoms with Gasteiger partial charge in [-0.1, -0.05) is 0 Å². The Morgan fingerprint density at radius 2 is 1.92 bits per heavy atom. The Morgan fingerprint density at radius 3 is 2.38 bits per heavy atom. The minimum absolute atomic E-state index is 0.0293. The van der Waals surface area contributed by atoms with Crippen molar-refractivity contribution in [1.82, 2.24) is 10.2 Å². The Kier molecular flexibility index (Phi) is 3.42. The number of likely N-dealkylation sites (N-methyl/N-ethyl adjacent to an activating group) is 1. The summed E-state index contributed by atoms with van der Waals surface area (Å²) < 4.78 is 0. The van der Waals surface area contributed by atoms with E-state index in [-0.39, 0.29) is 17.9 Å². The highest BCUT2D eigenvalue weighted by atomic mass is 16.2. The van der Waals surface area contributed by atoms with Crippen molar-refractivity contribution in [3.63, 3.8) is 0 Å². The van der Waals surface area contributed by atoms with Crippen molar-refractivity contribution in [2.24, 2.45) is 0 Å². The van der Waals surface area contributed by atoms with Gasteiger partial charge in [-0.2, -0.15) is 0 Å². The summed E-state index contributed by atoms with van der Waals surface area (Å²) in [6, 6.07) is 0.172. The highest BCUT2D eigenvalue weighted by Gasteiger charge is 2.26. The first-order valence-electron chi connectivity index (χ1n) is 4.65. The lowest BCUT2D eigenvalue weighted by Crippen LogP contribution is -2.46. The third kappa shape index (κ3) is 2.52. The van der Waals surface area contributed by atoms with Crippen molar-refractivity contribution in [1.29, 1.82) is 0 Å². The molecule has 1 aliphatic heterocycles. The van der Waals surface area contributed by atoms with E-state index in [9.17, 15) is 9.59 Å². The Balaban J connectivity index is 2.54. The minimum Gasteiger partial charge on any atom is -0.315 e. The number of hydrogen-bond acceptors (Lipinski definition) is 3. The summed E-state index contributed by atoms with van der Waals surface area (Å²) >= 11 is 0. The molecule has 1 unspecified atom stereocenters. The summed E-state index contributed by atoms with van der Waals surface area (Å²) in [6.07, 6.45) is 1.74. The molecule has 0 radical (unpaired) electrons. The molecule has 0 saturated carbocycles. The Hall–Kier alpha value is -0.900. The van der Waals surface area contributed by atoms with E-state index in [1.807, 2.05) is 14.0 Å². The zero-order valence-corrected chi connectivity index (χ0v) is 8.17. The number of carbonyl (C=O) groups excluding carboxylic acids is 2. The first-order chi connectivity index (χ1) is 6.15. The van der Waals surface area contributed by atoms with Gasteiger partial charge in [0.1, 0.15) is 0 Å². The summed E-state index contributed by atoms with van der Waals surface area (Å²) in [4.78, 5) is 24.0. The molecule has 1 aliphatic rings. The van der Waals surface area contributed by atoms with E-state index in [2.05, 4.69) is 5.32 Å². The van der Waals surface area contributed by atoms with Crippen LogP contribution in [-0.2, 0) is 9.59 Å². The van der Waals surface area contributed by atoms with Gasteiger partial charge in [0.15, 0.2) is 0 Å². The van der Waals surface area contributed by atoms with Crippen LogP contribution in [0.2, 0.25) is 0 Å². The molecule has 1 N–H and O–H groups in total. The third-order valence-corrected chi connectivity index (χ3v) is 2.33. The van der Waals surface area contributed by atoms with Crippen LogP contribution in [0, 0.1) is 0 Å². The largest absolute Gasteiger partial charge is 0.315 e. The van der Waals surface area contributed by atoms with Crippen LogP contribution in [0.1, 0.15) is 26.2 Å². The van der Waals surface area contributed by atoms with Gasteiger partial charge >= 0.3 is 0 Å². The molecule has 1 heterocycles. The second kappa shape index (κ2) is 4.37. The van der Waals surface area contributed by atoms with E-state index >= 15 is 0 Å². The molecular weight excluding hydrogens is 168 g/mol. The lowest BCUT2D eigenvalue weighted by Gasteiger charge is -2.27. The first kappa shape index (κ1) is 10.2. The van der Waals surface area contributed by atoms with E-state index in [4.69, 9.17) is 0 Å². The van der Waals surface area contributed by atoms with E-state index in [1.165, 1.54) is 4.90 Å². The molecule has 0 aromatic rings. The van der Waals surface area contributed by atoms with Crippen LogP contribution in [0.15, 0.2) is 0 Å². The third-order valence-electron chi connectivity index (χ3n) is 2.33. The monoisotopic (exact) mass is 184 g/mol. The normalized spacial score (nSPS) is 20.6. The predicted octanol–water partition coefficient (Wildman–Crippen LogP) is 0.133. The molecule has 0 bridgehead atoms. The predicted molar refractivity (Wildman–Crippen MR) is 49.1 cm³/mol. The average Bonchev–Trinajstić information content (AvgIpc) is 2.11. The maximum Gasteiger partial charge on any atom is 0.229 e. The van der Waals surface area contributed by atoms with E-state index in [1.54, 1.807) is 0 Å². The summed E-state index contributed by atoms with van der Waals surface area (Å²) in [7, 11) is 1.82. The van der Waals surface area contributed by atoms with Gasteiger partial charge in [-0.25, -0.2) is 0 Å². The maximum absolute atomic E-state index is 11.3. The van der Waals surface area contributed by atoms with Crippen LogP contribution < -0.4 is 5.32 Å². The fraction of sp³-hybridized carbons (Fsp3) is 0.778. The van der Waals surface area contributed by atoms with Gasteiger partial charge in [0.05, 0.1) is 0 Å². The fourth-order valence-electron chi connectivity index (χ4n) is 1.37. The lowest BCUT2D eigenvalue weighted by molar-refractivity contribution is -0.148. The molecule has 0 aromatic carbocycles. The summed E-state index contributed by atoms with van der Waals surface area (Å²) in [5.74, 6) is -0.0586. The van der Waals surface area contributed by atoms with Gasteiger partial charge in [-0.15, -0.1) is 0 Å². The molecule has 0 aromatic heterocycles. The minimum atomic E-state index is -0.0293. The molecule has 1 fully saturated rings. The van der Waals surface area contributed by atoms with Gasteiger partial charge in [0, 0.05) is 25.4 Å². The molecular formula is C9H16N2O2. The number of piperidine rings is 1. The van der Waals surface area contributed by atoms with Crippen LogP contribution in [0.3, 0.4) is 0 Å². The molecule has 2 amide bonds. The van der Waals surface area contributed by atoms with Crippen molar-refractivity contribution in [2.75, 3.05) is 13.6 Å². The number of nitrogens with zero attached hydrogens (tertiary/aromatic N) is 1. The van der Waals surface area contributed by atoms with Gasteiger partial charge in [0.2, 0.25) is 11.8 Å². The van der Waals surface area contributed by atoms with Gasteiger partial charge in [-0.3, -0.25) is 14.5 Å². The van der Waals surface area contributed by atoms with Crippen LogP contribution in [0.4, 0.5) is 0 Å². The molecule has 4 nitrogen and oxygen atoms in total. The summed E-state index contributed by atoms with van der Waals surface area (Å²) in [5.41, 5.74) is 0. The van der Waals surface area contributed by atoms with Crippen molar-refractivity contribution < 1.29 is 9.59 Å². The Morgan fingerprint density at radius 1 is 1.38 bits per heavy atom. The number of likely N-dealkylation sites (tertiary alicyclic amines) is 1. The summed E-state index contributed by atoms with van der Waals surface area (Å²) in [5, 5.41) is 3.01. The molecule has 4 heteroatoms. The molecule has 0 spiro atoms. The number of rotatable bonds is 3. The highest BCUT2D eigenvalue weighted by Crippen LogP contribution is 2.12. The topological polar surface area (TPSA) is 49.4 Å². The quantitative estimate of drug-likeness (QED) is 0.634. The molecule has 1 atom stereocenters. The zero-order valence-electron chi connectivity index (χ0n) is 8.17. The molecule has 1 rings (SSSR count). The van der Waals surface area contributed by atoms with E-state index in [0.717, 1.165) is 0 Å². The Labute approximate surface area is 78.3 Å². The van der Waals surface area contributed by atoms with Crippen molar-refractivity contribution in [2.45, 2.75) is 32.2 Å². The number of carbonyl (C=O) groups is 2. The number of hydrogen-bond donors (Lipinski definition) is 1. The fourth-order valence-corrected chi connectivity index (χ4v) is 1.37. The van der Waals surface area contributed by atoms with Crippen LogP contribution >= 0.6 is 0 Å². The van der Waals surface area contributed by atoms with Gasteiger partial charge in [-0.05, 0) is 20.4 Å². The standard InChI is InChI=1S/C9H16N2O2/c1-7(10-2)6-11-8(12)4-3-5-9(11)13/h7,10H,3-6H2,1-2H3. The van der Waals surface area contributed by atoms with Crippen molar-refractivity contribution in [3.05, 3.63) is 0 Å². The maximum atomic E-state index is 11.3. The molecule has 74 valence electrons. The van der Waals surface area contributed by atoms with Crippen LogP contribution in [0.25, 0.3) is 0 Å². The number of amides is 2. The lowest BCUT2D eigenvalue weighted by atomic mass is 10.1.